The molecule has 32 heavy (non-hydrogen) atoms. The lowest BCUT2D eigenvalue weighted by Crippen LogP contribution is -2.55. The molecule has 0 radical (unpaired) electrons. The molecule has 1 saturated carbocycles. The molecule has 2 aromatic heterocycles. The number of carbonyl (C=O) groups excluding carboxylic acids is 1. The van der Waals surface area contributed by atoms with Gasteiger partial charge < -0.3 is 25.0 Å². The van der Waals surface area contributed by atoms with Crippen LogP contribution in [0.1, 0.15) is 51.5 Å². The van der Waals surface area contributed by atoms with Gasteiger partial charge in [-0.3, -0.25) is 4.79 Å². The van der Waals surface area contributed by atoms with Gasteiger partial charge in [0.25, 0.3) is 0 Å². The Morgan fingerprint density at radius 1 is 1.19 bits per heavy atom. The zero-order valence-electron chi connectivity index (χ0n) is 18.7. The third kappa shape index (κ3) is 4.06. The van der Waals surface area contributed by atoms with Crippen molar-refractivity contribution in [1.29, 1.82) is 0 Å². The number of fused-ring (bicyclic) bond motifs is 1. The van der Waals surface area contributed by atoms with E-state index >= 15 is 0 Å². The number of likely N-dealkylation sites (N-methyl/N-ethyl adjacent to an activating group) is 1. The van der Waals surface area contributed by atoms with Gasteiger partial charge in [0.05, 0.1) is 23.8 Å². The molecule has 1 unspecified atom stereocenters. The maximum Gasteiger partial charge on any atom is 0.511 e. The van der Waals surface area contributed by atoms with E-state index in [1.165, 1.54) is 19.0 Å². The minimum absolute atomic E-state index is 0.110. The molecule has 3 heterocycles. The van der Waals surface area contributed by atoms with Crippen molar-refractivity contribution in [3.63, 3.8) is 0 Å². The quantitative estimate of drug-likeness (QED) is 0.640. The van der Waals surface area contributed by atoms with Crippen molar-refractivity contribution in [2.45, 2.75) is 64.5 Å². The summed E-state index contributed by atoms with van der Waals surface area (Å²) in [5, 5.41) is 12.1. The van der Waals surface area contributed by atoms with Gasteiger partial charge in [-0.05, 0) is 37.3 Å². The number of rotatable bonds is 6. The van der Waals surface area contributed by atoms with E-state index in [9.17, 15) is 9.59 Å². The van der Waals surface area contributed by atoms with E-state index in [0.29, 0.717) is 24.1 Å². The Morgan fingerprint density at radius 3 is 2.59 bits per heavy atom. The number of anilines is 4. The van der Waals surface area contributed by atoms with Crippen LogP contribution in [0, 0.1) is 0 Å². The second kappa shape index (κ2) is 9.02. The molecular formula is C23H29N5O4. The molecule has 2 N–H and O–H groups in total. The highest BCUT2D eigenvalue weighted by Gasteiger charge is 2.40. The van der Waals surface area contributed by atoms with Gasteiger partial charge in [-0.15, -0.1) is 0 Å². The average molecular weight is 440 g/mol. The highest BCUT2D eigenvalue weighted by atomic mass is 16.7. The summed E-state index contributed by atoms with van der Waals surface area (Å²) < 4.78 is 4.72. The number of aryl methyl sites for hydroxylation is 1. The molecule has 9 heteroatoms. The van der Waals surface area contributed by atoms with Crippen LogP contribution in [0.15, 0.2) is 24.5 Å². The summed E-state index contributed by atoms with van der Waals surface area (Å²) in [6, 6.07) is 3.82. The lowest BCUT2D eigenvalue weighted by Gasteiger charge is -2.44. The van der Waals surface area contributed by atoms with E-state index in [2.05, 4.69) is 27.1 Å². The highest BCUT2D eigenvalue weighted by molar-refractivity contribution is 6.05. The summed E-state index contributed by atoms with van der Waals surface area (Å²) in [7, 11) is 1.81. The topological polar surface area (TPSA) is 108 Å². The number of nitrogens with one attached hydrogen (secondary N) is 1. The molecule has 0 spiro atoms. The van der Waals surface area contributed by atoms with Crippen molar-refractivity contribution >= 4 is 35.1 Å². The van der Waals surface area contributed by atoms with E-state index in [0.717, 1.165) is 36.2 Å². The van der Waals surface area contributed by atoms with Crippen LogP contribution in [0.5, 0.6) is 5.75 Å². The molecule has 2 aromatic rings. The monoisotopic (exact) mass is 439 g/mol. The number of aromatic nitrogens is 2. The molecule has 0 bridgehead atoms. The molecule has 2 aliphatic rings. The Labute approximate surface area is 187 Å². The predicted octanol–water partition coefficient (Wildman–Crippen LogP) is 4.34. The summed E-state index contributed by atoms with van der Waals surface area (Å²) in [5.41, 5.74) is 2.63. The normalized spacial score (nSPS) is 18.6. The third-order valence-electron chi connectivity index (χ3n) is 6.33. The van der Waals surface area contributed by atoms with Gasteiger partial charge in [-0.1, -0.05) is 26.7 Å². The van der Waals surface area contributed by atoms with Crippen molar-refractivity contribution in [2.24, 2.45) is 0 Å². The number of hydrogen-bond acceptors (Lipinski definition) is 7. The minimum Gasteiger partial charge on any atom is -0.449 e. The van der Waals surface area contributed by atoms with Crippen molar-refractivity contribution in [1.82, 2.24) is 9.97 Å². The first-order chi connectivity index (χ1) is 15.4. The van der Waals surface area contributed by atoms with Crippen molar-refractivity contribution in [3.8, 4) is 5.75 Å². The van der Waals surface area contributed by atoms with Gasteiger partial charge in [0.15, 0.2) is 5.75 Å². The molecular weight excluding hydrogens is 410 g/mol. The molecule has 1 fully saturated rings. The van der Waals surface area contributed by atoms with Crippen LogP contribution in [-0.2, 0) is 11.2 Å². The summed E-state index contributed by atoms with van der Waals surface area (Å²) >= 11 is 0. The number of carboxylic acid groups (broad SMARTS) is 1. The molecule has 0 saturated heterocycles. The number of hydrogen-bond donors (Lipinski definition) is 2. The van der Waals surface area contributed by atoms with E-state index in [4.69, 9.17) is 9.84 Å². The van der Waals surface area contributed by atoms with Crippen molar-refractivity contribution in [2.75, 3.05) is 22.2 Å². The predicted molar refractivity (Wildman–Crippen MR) is 122 cm³/mol. The molecule has 170 valence electrons. The second-order valence-electron chi connectivity index (χ2n) is 8.25. The molecule has 1 aliphatic carbocycles. The largest absolute Gasteiger partial charge is 0.511 e. The van der Waals surface area contributed by atoms with Gasteiger partial charge in [0, 0.05) is 19.2 Å². The van der Waals surface area contributed by atoms with Crippen LogP contribution in [0.2, 0.25) is 0 Å². The zero-order valence-corrected chi connectivity index (χ0v) is 18.7. The number of pyridine rings is 2. The van der Waals surface area contributed by atoms with Crippen LogP contribution in [-0.4, -0.2) is 46.3 Å². The van der Waals surface area contributed by atoms with Gasteiger partial charge in [-0.2, -0.15) is 0 Å². The molecule has 1 amide bonds. The Morgan fingerprint density at radius 2 is 1.94 bits per heavy atom. The lowest BCUT2D eigenvalue weighted by molar-refractivity contribution is -0.120. The van der Waals surface area contributed by atoms with E-state index in [1.54, 1.807) is 17.2 Å². The maximum absolute atomic E-state index is 13.0. The fraction of sp³-hybridized carbons (Fsp3) is 0.478. The number of carbonyl (C=O) groups is 2. The first-order valence-electron chi connectivity index (χ1n) is 11.2. The number of ether oxygens (including phenoxy) is 1. The summed E-state index contributed by atoms with van der Waals surface area (Å²) in [6.07, 6.45) is 7.66. The van der Waals surface area contributed by atoms with Crippen LogP contribution >= 0.6 is 0 Å². The molecule has 1 atom stereocenters. The Hall–Kier alpha value is -3.36. The second-order valence-corrected chi connectivity index (χ2v) is 8.25. The van der Waals surface area contributed by atoms with Crippen LogP contribution in [0.3, 0.4) is 0 Å². The average Bonchev–Trinajstić information content (AvgIpc) is 3.31. The minimum atomic E-state index is -1.37. The smallest absolute Gasteiger partial charge is 0.449 e. The summed E-state index contributed by atoms with van der Waals surface area (Å²) in [6.45, 7) is 4.02. The van der Waals surface area contributed by atoms with Gasteiger partial charge in [-0.25, -0.2) is 14.8 Å². The Kier molecular flexibility index (Phi) is 6.16. The van der Waals surface area contributed by atoms with Crippen LogP contribution < -0.4 is 19.9 Å². The van der Waals surface area contributed by atoms with Gasteiger partial charge >= 0.3 is 6.16 Å². The number of amides is 1. The van der Waals surface area contributed by atoms with Crippen molar-refractivity contribution in [3.05, 3.63) is 30.1 Å². The maximum atomic E-state index is 13.0. The third-order valence-corrected chi connectivity index (χ3v) is 6.33. The first-order valence-corrected chi connectivity index (χ1v) is 11.2. The zero-order chi connectivity index (χ0) is 22.8. The van der Waals surface area contributed by atoms with Crippen LogP contribution in [0.4, 0.5) is 27.8 Å². The van der Waals surface area contributed by atoms with Gasteiger partial charge in [0.2, 0.25) is 5.91 Å². The fourth-order valence-electron chi connectivity index (χ4n) is 4.75. The summed E-state index contributed by atoms with van der Waals surface area (Å²) in [4.78, 5) is 36.7. The van der Waals surface area contributed by atoms with Crippen molar-refractivity contribution < 1.29 is 19.4 Å². The summed E-state index contributed by atoms with van der Waals surface area (Å²) in [5.74, 6) is 1.51. The molecule has 9 nitrogen and oxygen atoms in total. The standard InChI is InChI=1S/C23H29N5O4/c1-4-14-10-16(32-23(30)31)12-25-21(14)26-20-11-18-19(13-24-20)27(3)22(29)17(5-2)28(18)15-8-6-7-9-15/h10-13,15,17H,4-9H2,1-3H3,(H,30,31)(H,24,25,26). The van der Waals surface area contributed by atoms with Gasteiger partial charge in [0.1, 0.15) is 17.7 Å². The SMILES string of the molecule is CCc1cc(OC(=O)O)cnc1Nc1cc2c(cn1)N(C)C(=O)C(CC)N2C1CCCC1. The molecule has 4 rings (SSSR count). The Balaban J connectivity index is 1.69. The lowest BCUT2D eigenvalue weighted by atomic mass is 10.0. The molecule has 1 aliphatic heterocycles. The van der Waals surface area contributed by atoms with E-state index in [-0.39, 0.29) is 17.7 Å². The first kappa shape index (κ1) is 21.9. The van der Waals surface area contributed by atoms with E-state index < -0.39 is 6.16 Å². The van der Waals surface area contributed by atoms with E-state index in [1.807, 2.05) is 20.0 Å². The highest BCUT2D eigenvalue weighted by Crippen LogP contribution is 2.42. The Bertz CT molecular complexity index is 1020. The van der Waals surface area contributed by atoms with Crippen LogP contribution in [0.25, 0.3) is 0 Å². The molecule has 0 aromatic carbocycles. The fourth-order valence-corrected chi connectivity index (χ4v) is 4.75. The number of nitrogens with zero attached hydrogens (tertiary/aromatic N) is 4.